The number of aromatic nitrogens is 1. The van der Waals surface area contributed by atoms with Crippen LogP contribution in [-0.2, 0) is 16.8 Å². The van der Waals surface area contributed by atoms with E-state index in [0.717, 1.165) is 34.1 Å². The van der Waals surface area contributed by atoms with Crippen LogP contribution < -0.4 is 9.47 Å². The van der Waals surface area contributed by atoms with E-state index in [1.807, 2.05) is 42.5 Å². The second-order valence-corrected chi connectivity index (χ2v) is 8.98. The molecular formula is C23H22ClNO4S. The number of hydrogen-bond acceptors (Lipinski definition) is 6. The topological polar surface area (TPSA) is 57.7 Å². The first-order valence-electron chi connectivity index (χ1n) is 9.54. The predicted molar refractivity (Wildman–Crippen MR) is 117 cm³/mol. The third-order valence-electron chi connectivity index (χ3n) is 5.57. The average Bonchev–Trinajstić information content (AvgIpc) is 3.22. The van der Waals surface area contributed by atoms with Gasteiger partial charge in [-0.2, -0.15) is 0 Å². The van der Waals surface area contributed by atoms with Gasteiger partial charge in [-0.15, -0.1) is 11.3 Å². The van der Waals surface area contributed by atoms with Crippen molar-refractivity contribution < 1.29 is 19.0 Å². The Kier molecular flexibility index (Phi) is 5.71. The van der Waals surface area contributed by atoms with Gasteiger partial charge in [-0.1, -0.05) is 36.7 Å². The molecule has 1 aliphatic rings. The van der Waals surface area contributed by atoms with Crippen molar-refractivity contribution in [2.45, 2.75) is 31.3 Å². The van der Waals surface area contributed by atoms with Crippen molar-refractivity contribution in [2.75, 3.05) is 14.2 Å². The molecule has 0 N–H and O–H groups in total. The third-order valence-corrected chi connectivity index (χ3v) is 6.97. The molecule has 5 nitrogen and oxygen atoms in total. The molecule has 1 aliphatic carbocycles. The summed E-state index contributed by atoms with van der Waals surface area (Å²) in [5.74, 6) is 1.43. The van der Waals surface area contributed by atoms with Crippen LogP contribution in [-0.4, -0.2) is 25.2 Å². The Balaban J connectivity index is 1.44. The molecule has 0 spiro atoms. The fourth-order valence-corrected chi connectivity index (χ4v) is 5.08. The number of carbonyl (C=O) groups excluding carboxylic acids is 1. The highest BCUT2D eigenvalue weighted by Gasteiger charge is 2.54. The molecule has 7 heteroatoms. The number of esters is 1. The maximum absolute atomic E-state index is 11.7. The number of nitrogens with zero attached hydrogens (tertiary/aromatic N) is 1. The number of halogens is 1. The smallest absolute Gasteiger partial charge is 0.349 e. The van der Waals surface area contributed by atoms with Crippen molar-refractivity contribution in [3.05, 3.63) is 74.7 Å². The van der Waals surface area contributed by atoms with E-state index in [0.29, 0.717) is 16.5 Å². The van der Waals surface area contributed by atoms with E-state index in [9.17, 15) is 4.79 Å². The molecule has 1 fully saturated rings. The zero-order valence-electron chi connectivity index (χ0n) is 17.0. The van der Waals surface area contributed by atoms with Gasteiger partial charge >= 0.3 is 5.97 Å². The highest BCUT2D eigenvalue weighted by molar-refractivity contribution is 7.13. The van der Waals surface area contributed by atoms with Gasteiger partial charge in [0.2, 0.25) is 0 Å². The SMILES string of the molecule is COC(=O)c1cnc(C2CC2(C)c2ccc(OCc3ccc(OC)cc3)cc2Cl)s1. The van der Waals surface area contributed by atoms with Crippen molar-refractivity contribution in [2.24, 2.45) is 0 Å². The molecule has 1 aromatic heterocycles. The van der Waals surface area contributed by atoms with Crippen LogP contribution in [0, 0.1) is 0 Å². The first kappa shape index (κ1) is 20.7. The zero-order chi connectivity index (χ0) is 21.3. The number of thiazole rings is 1. The number of rotatable bonds is 7. The molecule has 0 amide bonds. The minimum Gasteiger partial charge on any atom is -0.497 e. The molecule has 4 rings (SSSR count). The first-order chi connectivity index (χ1) is 14.4. The van der Waals surface area contributed by atoms with Crippen LogP contribution in [0.1, 0.15) is 45.1 Å². The van der Waals surface area contributed by atoms with Crippen LogP contribution in [0.15, 0.2) is 48.7 Å². The van der Waals surface area contributed by atoms with E-state index in [-0.39, 0.29) is 17.3 Å². The van der Waals surface area contributed by atoms with Gasteiger partial charge in [0.05, 0.1) is 25.4 Å². The average molecular weight is 444 g/mol. The summed E-state index contributed by atoms with van der Waals surface area (Å²) in [7, 11) is 3.02. The number of ether oxygens (including phenoxy) is 3. The third kappa shape index (κ3) is 4.02. The quantitative estimate of drug-likeness (QED) is 0.444. The Morgan fingerprint density at radius 1 is 1.20 bits per heavy atom. The maximum atomic E-state index is 11.7. The summed E-state index contributed by atoms with van der Waals surface area (Å²) >= 11 is 8.01. The molecule has 2 atom stereocenters. The van der Waals surface area contributed by atoms with Crippen LogP contribution in [0.2, 0.25) is 5.02 Å². The lowest BCUT2D eigenvalue weighted by molar-refractivity contribution is 0.0606. The Bertz CT molecular complexity index is 1070. The van der Waals surface area contributed by atoms with Crippen molar-refractivity contribution >= 4 is 28.9 Å². The molecule has 0 aliphatic heterocycles. The lowest BCUT2D eigenvalue weighted by Gasteiger charge is -2.15. The zero-order valence-corrected chi connectivity index (χ0v) is 18.5. The highest BCUT2D eigenvalue weighted by Crippen LogP contribution is 2.62. The van der Waals surface area contributed by atoms with Crippen LogP contribution >= 0.6 is 22.9 Å². The van der Waals surface area contributed by atoms with Crippen LogP contribution in [0.25, 0.3) is 0 Å². The van der Waals surface area contributed by atoms with Crippen LogP contribution in [0.3, 0.4) is 0 Å². The van der Waals surface area contributed by atoms with Crippen molar-refractivity contribution in [3.63, 3.8) is 0 Å². The maximum Gasteiger partial charge on any atom is 0.349 e. The van der Waals surface area contributed by atoms with Gasteiger partial charge in [-0.05, 0) is 41.8 Å². The largest absolute Gasteiger partial charge is 0.497 e. The summed E-state index contributed by atoms with van der Waals surface area (Å²) in [5, 5.41) is 1.62. The molecule has 0 bridgehead atoms. The fraction of sp³-hybridized carbons (Fsp3) is 0.304. The molecule has 0 saturated heterocycles. The van der Waals surface area contributed by atoms with Crippen molar-refractivity contribution in [1.29, 1.82) is 0 Å². The monoisotopic (exact) mass is 443 g/mol. The summed E-state index contributed by atoms with van der Waals surface area (Å²) in [6, 6.07) is 13.6. The molecule has 156 valence electrons. The van der Waals surface area contributed by atoms with Gasteiger partial charge in [0.1, 0.15) is 23.0 Å². The van der Waals surface area contributed by atoms with E-state index in [2.05, 4.69) is 11.9 Å². The fourth-order valence-electron chi connectivity index (χ4n) is 3.60. The minimum atomic E-state index is -0.350. The Labute approximate surface area is 184 Å². The molecule has 2 unspecified atom stereocenters. The summed E-state index contributed by atoms with van der Waals surface area (Å²) in [6.07, 6.45) is 2.52. The van der Waals surface area contributed by atoms with Gasteiger partial charge in [-0.25, -0.2) is 9.78 Å². The normalized spacial score (nSPS) is 19.9. The first-order valence-corrected chi connectivity index (χ1v) is 10.7. The van der Waals surface area contributed by atoms with Crippen molar-refractivity contribution in [3.8, 4) is 11.5 Å². The van der Waals surface area contributed by atoms with Crippen LogP contribution in [0.4, 0.5) is 0 Å². The molecule has 30 heavy (non-hydrogen) atoms. The van der Waals surface area contributed by atoms with E-state index >= 15 is 0 Å². The molecule has 3 aromatic rings. The van der Waals surface area contributed by atoms with Crippen molar-refractivity contribution in [1.82, 2.24) is 4.98 Å². The highest BCUT2D eigenvalue weighted by atomic mass is 35.5. The minimum absolute atomic E-state index is 0.100. The summed E-state index contributed by atoms with van der Waals surface area (Å²) in [6.45, 7) is 2.63. The molecular weight excluding hydrogens is 422 g/mol. The van der Waals surface area contributed by atoms with Gasteiger partial charge in [-0.3, -0.25) is 0 Å². The Hall–Kier alpha value is -2.57. The molecule has 2 aromatic carbocycles. The standard InChI is InChI=1S/C23H22ClNO4S/c1-23(11-18(23)21-25-12-20(30-21)22(26)28-3)17-9-8-16(10-19(17)24)29-13-14-4-6-15(27-2)7-5-14/h4-10,12,18H,11,13H2,1-3H3. The van der Waals surface area contributed by atoms with E-state index in [1.165, 1.54) is 18.4 Å². The number of benzene rings is 2. The van der Waals surface area contributed by atoms with E-state index in [4.69, 9.17) is 25.8 Å². The van der Waals surface area contributed by atoms with Gasteiger partial charge < -0.3 is 14.2 Å². The van der Waals surface area contributed by atoms with Gasteiger partial charge in [0, 0.05) is 16.4 Å². The van der Waals surface area contributed by atoms with Crippen LogP contribution in [0.5, 0.6) is 11.5 Å². The van der Waals surface area contributed by atoms with E-state index < -0.39 is 0 Å². The van der Waals surface area contributed by atoms with Gasteiger partial charge in [0.25, 0.3) is 0 Å². The second kappa shape index (κ2) is 8.28. The number of methoxy groups -OCH3 is 2. The molecule has 0 radical (unpaired) electrons. The lowest BCUT2D eigenvalue weighted by atomic mass is 9.95. The number of carbonyl (C=O) groups is 1. The Morgan fingerprint density at radius 3 is 2.60 bits per heavy atom. The number of hydrogen-bond donors (Lipinski definition) is 0. The lowest BCUT2D eigenvalue weighted by Crippen LogP contribution is -2.05. The second-order valence-electron chi connectivity index (χ2n) is 7.51. The molecule has 1 saturated carbocycles. The van der Waals surface area contributed by atoms with E-state index in [1.54, 1.807) is 13.3 Å². The van der Waals surface area contributed by atoms with Gasteiger partial charge in [0.15, 0.2) is 0 Å². The summed E-state index contributed by atoms with van der Waals surface area (Å²) < 4.78 is 15.8. The Morgan fingerprint density at radius 2 is 1.93 bits per heavy atom. The summed E-state index contributed by atoms with van der Waals surface area (Å²) in [5.41, 5.74) is 2.02. The summed E-state index contributed by atoms with van der Waals surface area (Å²) in [4.78, 5) is 16.7. The predicted octanol–water partition coefficient (Wildman–Crippen LogP) is 5.62. The molecule has 1 heterocycles.